The molecule has 0 aliphatic rings. The second-order valence-electron chi connectivity index (χ2n) is 3.15. The first kappa shape index (κ1) is 8.17. The Bertz CT molecular complexity index is 480. The second kappa shape index (κ2) is 3.20. The van der Waals surface area contributed by atoms with Gasteiger partial charge in [-0.2, -0.15) is 0 Å². The van der Waals surface area contributed by atoms with Gasteiger partial charge in [0.1, 0.15) is 12.0 Å². The normalized spacial score (nSPS) is 10.7. The Morgan fingerprint density at radius 3 is 2.13 bits per heavy atom. The van der Waals surface area contributed by atoms with Crippen molar-refractivity contribution in [2.24, 2.45) is 0 Å². The highest BCUT2D eigenvalue weighted by molar-refractivity contribution is 5.63. The summed E-state index contributed by atoms with van der Waals surface area (Å²) in [5.41, 5.74) is 0.909. The van der Waals surface area contributed by atoms with Crippen molar-refractivity contribution in [1.29, 1.82) is 0 Å². The molecule has 0 saturated carbocycles. The molecular weight excluding hydrogens is 192 g/mol. The zero-order chi connectivity index (χ0) is 10.1. The number of rotatable bonds is 2. The van der Waals surface area contributed by atoms with Gasteiger partial charge in [-0.05, 0) is 30.3 Å². The van der Waals surface area contributed by atoms with Crippen LogP contribution in [0.4, 0.5) is 0 Å². The summed E-state index contributed by atoms with van der Waals surface area (Å²) in [5.74, 6) is 2.20. The van der Waals surface area contributed by atoms with E-state index in [1.165, 1.54) is 0 Å². The molecule has 0 amide bonds. The van der Waals surface area contributed by atoms with Gasteiger partial charge < -0.3 is 13.3 Å². The Balaban J connectivity index is 2.02. The largest absolute Gasteiger partial charge is 0.464 e. The summed E-state index contributed by atoms with van der Waals surface area (Å²) >= 11 is 0. The van der Waals surface area contributed by atoms with Gasteiger partial charge in [-0.15, -0.1) is 0 Å². The Morgan fingerprint density at radius 2 is 1.47 bits per heavy atom. The highest BCUT2D eigenvalue weighted by Crippen LogP contribution is 2.28. The molecule has 0 atom stereocenters. The third-order valence-electron chi connectivity index (χ3n) is 2.17. The van der Waals surface area contributed by atoms with Gasteiger partial charge in [0, 0.05) is 0 Å². The standard InChI is InChI=1S/C12H8O3/c1-3-10(13-5-1)9-7-12(15-8-9)11-4-2-6-14-11/h1-8H. The molecule has 3 nitrogen and oxygen atoms in total. The van der Waals surface area contributed by atoms with Gasteiger partial charge in [-0.25, -0.2) is 0 Å². The molecule has 0 unspecified atom stereocenters. The van der Waals surface area contributed by atoms with E-state index in [9.17, 15) is 0 Å². The molecule has 0 aliphatic heterocycles. The monoisotopic (exact) mass is 200 g/mol. The molecule has 3 aromatic heterocycles. The molecule has 15 heavy (non-hydrogen) atoms. The fourth-order valence-corrected chi connectivity index (χ4v) is 1.46. The lowest BCUT2D eigenvalue weighted by molar-refractivity contribution is 0.523. The fraction of sp³-hybridized carbons (Fsp3) is 0. The summed E-state index contributed by atoms with van der Waals surface area (Å²) in [7, 11) is 0. The van der Waals surface area contributed by atoms with E-state index in [2.05, 4.69) is 0 Å². The van der Waals surface area contributed by atoms with Crippen LogP contribution in [0.3, 0.4) is 0 Å². The predicted molar refractivity (Wildman–Crippen MR) is 54.1 cm³/mol. The van der Waals surface area contributed by atoms with E-state index < -0.39 is 0 Å². The first-order chi connectivity index (χ1) is 7.43. The maximum atomic E-state index is 5.38. The van der Waals surface area contributed by atoms with E-state index in [0.717, 1.165) is 11.3 Å². The van der Waals surface area contributed by atoms with Crippen LogP contribution in [-0.2, 0) is 0 Å². The summed E-state index contributed by atoms with van der Waals surface area (Å²) in [4.78, 5) is 0. The Morgan fingerprint density at radius 1 is 0.733 bits per heavy atom. The average Bonchev–Trinajstić information content (AvgIpc) is 3.02. The van der Waals surface area contributed by atoms with Gasteiger partial charge in [-0.1, -0.05) is 0 Å². The molecule has 74 valence electrons. The smallest absolute Gasteiger partial charge is 0.169 e. The van der Waals surface area contributed by atoms with Crippen LogP contribution in [-0.4, -0.2) is 0 Å². The molecule has 3 rings (SSSR count). The van der Waals surface area contributed by atoms with Crippen LogP contribution >= 0.6 is 0 Å². The third-order valence-corrected chi connectivity index (χ3v) is 2.17. The first-order valence-electron chi connectivity index (χ1n) is 4.60. The van der Waals surface area contributed by atoms with Gasteiger partial charge >= 0.3 is 0 Å². The van der Waals surface area contributed by atoms with Crippen LogP contribution in [0.1, 0.15) is 0 Å². The zero-order valence-electron chi connectivity index (χ0n) is 7.84. The Hall–Kier alpha value is -2.16. The SMILES string of the molecule is c1coc(-c2coc(-c3ccco3)c2)c1. The van der Waals surface area contributed by atoms with Crippen molar-refractivity contribution in [3.63, 3.8) is 0 Å². The predicted octanol–water partition coefficient (Wildman–Crippen LogP) is 3.80. The Labute approximate surface area is 85.9 Å². The molecule has 0 N–H and O–H groups in total. The first-order valence-corrected chi connectivity index (χ1v) is 4.60. The van der Waals surface area contributed by atoms with Gasteiger partial charge in [-0.3, -0.25) is 0 Å². The zero-order valence-corrected chi connectivity index (χ0v) is 7.84. The highest BCUT2D eigenvalue weighted by Gasteiger charge is 2.09. The van der Waals surface area contributed by atoms with Gasteiger partial charge in [0.05, 0.1) is 18.1 Å². The van der Waals surface area contributed by atoms with Gasteiger partial charge in [0.25, 0.3) is 0 Å². The second-order valence-corrected chi connectivity index (χ2v) is 3.15. The molecule has 0 spiro atoms. The van der Waals surface area contributed by atoms with Crippen molar-refractivity contribution in [3.8, 4) is 22.8 Å². The van der Waals surface area contributed by atoms with E-state index in [0.29, 0.717) is 11.5 Å². The van der Waals surface area contributed by atoms with E-state index in [1.54, 1.807) is 18.8 Å². The van der Waals surface area contributed by atoms with Crippen LogP contribution in [0.2, 0.25) is 0 Å². The molecule has 0 aromatic carbocycles. The van der Waals surface area contributed by atoms with Crippen molar-refractivity contribution >= 4 is 0 Å². The molecule has 0 bridgehead atoms. The topological polar surface area (TPSA) is 39.4 Å². The molecule has 3 heteroatoms. The third kappa shape index (κ3) is 1.38. The lowest BCUT2D eigenvalue weighted by atomic mass is 10.2. The quantitative estimate of drug-likeness (QED) is 0.631. The van der Waals surface area contributed by atoms with E-state index in [1.807, 2.05) is 30.3 Å². The van der Waals surface area contributed by atoms with Crippen LogP contribution in [0, 0.1) is 0 Å². The summed E-state index contributed by atoms with van der Waals surface area (Å²) in [5, 5.41) is 0. The van der Waals surface area contributed by atoms with E-state index in [4.69, 9.17) is 13.3 Å². The summed E-state index contributed by atoms with van der Waals surface area (Å²) in [6.07, 6.45) is 4.90. The van der Waals surface area contributed by atoms with E-state index in [-0.39, 0.29) is 0 Å². The molecular formula is C12H8O3. The molecule has 3 aromatic rings. The van der Waals surface area contributed by atoms with Crippen molar-refractivity contribution in [2.75, 3.05) is 0 Å². The van der Waals surface area contributed by atoms with Crippen LogP contribution in [0.15, 0.2) is 62.4 Å². The van der Waals surface area contributed by atoms with Crippen molar-refractivity contribution < 1.29 is 13.3 Å². The summed E-state index contributed by atoms with van der Waals surface area (Å²) < 4.78 is 15.9. The summed E-state index contributed by atoms with van der Waals surface area (Å²) in [6, 6.07) is 9.29. The fourth-order valence-electron chi connectivity index (χ4n) is 1.46. The number of hydrogen-bond donors (Lipinski definition) is 0. The van der Waals surface area contributed by atoms with Crippen molar-refractivity contribution in [1.82, 2.24) is 0 Å². The molecule has 0 fully saturated rings. The minimum atomic E-state index is 0.700. The maximum absolute atomic E-state index is 5.38. The molecule has 0 aliphatic carbocycles. The lowest BCUT2D eigenvalue weighted by Gasteiger charge is -1.86. The average molecular weight is 200 g/mol. The number of furan rings is 3. The van der Waals surface area contributed by atoms with Crippen molar-refractivity contribution in [3.05, 3.63) is 49.1 Å². The van der Waals surface area contributed by atoms with Gasteiger partial charge in [0.2, 0.25) is 0 Å². The highest BCUT2D eigenvalue weighted by atomic mass is 16.4. The minimum Gasteiger partial charge on any atom is -0.464 e. The van der Waals surface area contributed by atoms with Gasteiger partial charge in [0.15, 0.2) is 11.5 Å². The number of hydrogen-bond acceptors (Lipinski definition) is 3. The molecule has 0 saturated heterocycles. The minimum absolute atomic E-state index is 0.700. The van der Waals surface area contributed by atoms with E-state index >= 15 is 0 Å². The van der Waals surface area contributed by atoms with Crippen LogP contribution in [0.5, 0.6) is 0 Å². The summed E-state index contributed by atoms with van der Waals surface area (Å²) in [6.45, 7) is 0. The van der Waals surface area contributed by atoms with Crippen molar-refractivity contribution in [2.45, 2.75) is 0 Å². The lowest BCUT2D eigenvalue weighted by Crippen LogP contribution is -1.65. The van der Waals surface area contributed by atoms with Crippen LogP contribution < -0.4 is 0 Å². The Kier molecular flexibility index (Phi) is 1.75. The molecule has 3 heterocycles. The van der Waals surface area contributed by atoms with Crippen LogP contribution in [0.25, 0.3) is 22.8 Å². The molecule has 0 radical (unpaired) electrons. The maximum Gasteiger partial charge on any atom is 0.169 e.